The van der Waals surface area contributed by atoms with Crippen LogP contribution in [0.2, 0.25) is 0 Å². The lowest BCUT2D eigenvalue weighted by molar-refractivity contribution is -0.115. The van der Waals surface area contributed by atoms with Gasteiger partial charge in [0.1, 0.15) is 5.75 Å². The molecule has 0 radical (unpaired) electrons. The molecule has 1 aliphatic carbocycles. The van der Waals surface area contributed by atoms with Gasteiger partial charge in [-0.05, 0) is 50.4 Å². The molecular weight excluding hydrogens is 366 g/mol. The fourth-order valence-electron chi connectivity index (χ4n) is 2.17. The van der Waals surface area contributed by atoms with E-state index in [1.165, 1.54) is 39.1 Å². The van der Waals surface area contributed by atoms with Gasteiger partial charge in [-0.2, -0.15) is 0 Å². The molecule has 0 bridgehead atoms. The zero-order valence-corrected chi connectivity index (χ0v) is 16.4. The molecule has 0 heterocycles. The van der Waals surface area contributed by atoms with Crippen molar-refractivity contribution in [1.82, 2.24) is 9.62 Å². The van der Waals surface area contributed by atoms with Gasteiger partial charge in [-0.3, -0.25) is 4.79 Å². The molecule has 7 nitrogen and oxygen atoms in total. The Morgan fingerprint density at radius 3 is 2.56 bits per heavy atom. The van der Waals surface area contributed by atoms with Gasteiger partial charge in [-0.1, -0.05) is 0 Å². The maximum atomic E-state index is 12.3. The topological polar surface area (TPSA) is 87.7 Å². The average Bonchev–Trinajstić information content (AvgIpc) is 3.33. The molecular formula is C16H26ClN3O4S. The first-order chi connectivity index (χ1) is 11.3. The molecule has 0 atom stereocenters. The summed E-state index contributed by atoms with van der Waals surface area (Å²) in [6.45, 7) is 3.27. The van der Waals surface area contributed by atoms with Gasteiger partial charge < -0.3 is 15.4 Å². The number of carbonyl (C=O) groups is 1. The maximum Gasteiger partial charge on any atom is 0.242 e. The molecule has 2 rings (SSSR count). The molecule has 0 aromatic heterocycles. The predicted molar refractivity (Wildman–Crippen MR) is 100.0 cm³/mol. The number of amides is 1. The summed E-state index contributed by atoms with van der Waals surface area (Å²) in [4.78, 5) is 12.2. The molecule has 9 heteroatoms. The Hall–Kier alpha value is -1.35. The molecule has 1 amide bonds. The van der Waals surface area contributed by atoms with Crippen molar-refractivity contribution in [3.63, 3.8) is 0 Å². The third-order valence-corrected chi connectivity index (χ3v) is 5.53. The van der Waals surface area contributed by atoms with E-state index in [1.807, 2.05) is 6.92 Å². The van der Waals surface area contributed by atoms with Gasteiger partial charge in [-0.15, -0.1) is 12.4 Å². The summed E-state index contributed by atoms with van der Waals surface area (Å²) in [6, 6.07) is 4.47. The number of rotatable bonds is 9. The molecule has 142 valence electrons. The zero-order chi connectivity index (χ0) is 17.7. The minimum Gasteiger partial charge on any atom is -0.492 e. The van der Waals surface area contributed by atoms with Gasteiger partial charge in [-0.25, -0.2) is 12.7 Å². The Balaban J connectivity index is 0.00000312. The molecule has 0 saturated heterocycles. The highest BCUT2D eigenvalue weighted by Crippen LogP contribution is 2.29. The number of hydrogen-bond acceptors (Lipinski definition) is 5. The van der Waals surface area contributed by atoms with Crippen molar-refractivity contribution < 1.29 is 17.9 Å². The molecule has 0 aliphatic heterocycles. The Bertz CT molecular complexity index is 691. The Labute approximate surface area is 155 Å². The van der Waals surface area contributed by atoms with Crippen LogP contribution in [0, 0.1) is 5.92 Å². The number of benzene rings is 1. The lowest BCUT2D eigenvalue weighted by atomic mass is 10.3. The van der Waals surface area contributed by atoms with Crippen molar-refractivity contribution >= 4 is 34.0 Å². The monoisotopic (exact) mass is 391 g/mol. The minimum absolute atomic E-state index is 0. The number of hydrogen-bond donors (Lipinski definition) is 2. The Morgan fingerprint density at radius 1 is 1.32 bits per heavy atom. The first-order valence-electron chi connectivity index (χ1n) is 8.04. The quantitative estimate of drug-likeness (QED) is 0.668. The van der Waals surface area contributed by atoms with Crippen molar-refractivity contribution in [3.05, 3.63) is 18.2 Å². The average molecular weight is 392 g/mol. The van der Waals surface area contributed by atoms with Crippen LogP contribution < -0.4 is 15.4 Å². The van der Waals surface area contributed by atoms with Crippen LogP contribution in [0.5, 0.6) is 5.75 Å². The standard InChI is InChI=1S/C16H25N3O4S.ClH/c1-4-23-15-8-7-13(24(21,22)19(2)3)9-14(15)18-16(20)11-17-10-12-5-6-12;/h7-9,12,17H,4-6,10-11H2,1-3H3,(H,18,20);1H. The van der Waals surface area contributed by atoms with Gasteiger partial charge in [0.15, 0.2) is 0 Å². The van der Waals surface area contributed by atoms with Crippen LogP contribution >= 0.6 is 12.4 Å². The fourth-order valence-corrected chi connectivity index (χ4v) is 3.09. The summed E-state index contributed by atoms with van der Waals surface area (Å²) in [5, 5.41) is 5.83. The van der Waals surface area contributed by atoms with E-state index in [2.05, 4.69) is 10.6 Å². The van der Waals surface area contributed by atoms with Crippen molar-refractivity contribution in [2.75, 3.05) is 39.1 Å². The van der Waals surface area contributed by atoms with E-state index in [4.69, 9.17) is 4.74 Å². The van der Waals surface area contributed by atoms with Crippen molar-refractivity contribution in [3.8, 4) is 5.75 Å². The van der Waals surface area contributed by atoms with Crippen LogP contribution in [0.15, 0.2) is 23.1 Å². The van der Waals surface area contributed by atoms with Crippen LogP contribution in [0.25, 0.3) is 0 Å². The van der Waals surface area contributed by atoms with E-state index in [-0.39, 0.29) is 29.8 Å². The number of sulfonamides is 1. The molecule has 1 saturated carbocycles. The highest BCUT2D eigenvalue weighted by atomic mass is 35.5. The predicted octanol–water partition coefficient (Wildman–Crippen LogP) is 1.70. The van der Waals surface area contributed by atoms with Crippen LogP contribution in [0.1, 0.15) is 19.8 Å². The molecule has 1 aliphatic rings. The zero-order valence-electron chi connectivity index (χ0n) is 14.7. The Morgan fingerprint density at radius 2 is 2.00 bits per heavy atom. The number of anilines is 1. The van der Waals surface area contributed by atoms with E-state index in [1.54, 1.807) is 6.07 Å². The highest BCUT2D eigenvalue weighted by molar-refractivity contribution is 7.89. The van der Waals surface area contributed by atoms with Crippen LogP contribution in [-0.4, -0.2) is 52.4 Å². The number of nitrogens with one attached hydrogen (secondary N) is 2. The van der Waals surface area contributed by atoms with Crippen molar-refractivity contribution in [2.24, 2.45) is 5.92 Å². The molecule has 0 spiro atoms. The normalized spacial score (nSPS) is 14.1. The van der Waals surface area contributed by atoms with Gasteiger partial charge in [0.05, 0.1) is 23.7 Å². The number of nitrogens with zero attached hydrogens (tertiary/aromatic N) is 1. The summed E-state index contributed by atoms with van der Waals surface area (Å²) in [7, 11) is -0.648. The summed E-state index contributed by atoms with van der Waals surface area (Å²) in [5.41, 5.74) is 0.359. The third kappa shape index (κ3) is 6.14. The summed E-state index contributed by atoms with van der Waals surface area (Å²) in [5.74, 6) is 0.909. The van der Waals surface area contributed by atoms with Crippen LogP contribution in [-0.2, 0) is 14.8 Å². The van der Waals surface area contributed by atoms with Crippen molar-refractivity contribution in [2.45, 2.75) is 24.7 Å². The van der Waals surface area contributed by atoms with Gasteiger partial charge in [0.2, 0.25) is 15.9 Å². The van der Waals surface area contributed by atoms with Gasteiger partial charge >= 0.3 is 0 Å². The molecule has 0 unspecified atom stereocenters. The van der Waals surface area contributed by atoms with E-state index in [0.717, 1.165) is 10.8 Å². The van der Waals surface area contributed by atoms with Crippen LogP contribution in [0.3, 0.4) is 0 Å². The minimum atomic E-state index is -3.58. The lowest BCUT2D eigenvalue weighted by Crippen LogP contribution is -2.29. The molecule has 1 fully saturated rings. The highest BCUT2D eigenvalue weighted by Gasteiger charge is 2.22. The summed E-state index contributed by atoms with van der Waals surface area (Å²) in [6.07, 6.45) is 2.43. The van der Waals surface area contributed by atoms with E-state index in [9.17, 15) is 13.2 Å². The number of halogens is 1. The largest absolute Gasteiger partial charge is 0.492 e. The SMILES string of the molecule is CCOc1ccc(S(=O)(=O)N(C)C)cc1NC(=O)CNCC1CC1.Cl. The fraction of sp³-hybridized carbons (Fsp3) is 0.562. The van der Waals surface area contributed by atoms with Crippen molar-refractivity contribution in [1.29, 1.82) is 0 Å². The molecule has 1 aromatic carbocycles. The summed E-state index contributed by atoms with van der Waals surface area (Å²) >= 11 is 0. The first-order valence-corrected chi connectivity index (χ1v) is 9.48. The van der Waals surface area contributed by atoms with E-state index < -0.39 is 10.0 Å². The molecule has 25 heavy (non-hydrogen) atoms. The summed E-state index contributed by atoms with van der Waals surface area (Å²) < 4.78 is 31.1. The van der Waals surface area contributed by atoms with E-state index >= 15 is 0 Å². The van der Waals surface area contributed by atoms with Gasteiger partial charge in [0, 0.05) is 14.1 Å². The number of carbonyl (C=O) groups excluding carboxylic acids is 1. The van der Waals surface area contributed by atoms with E-state index in [0.29, 0.717) is 24.0 Å². The smallest absolute Gasteiger partial charge is 0.242 e. The maximum absolute atomic E-state index is 12.3. The van der Waals surface area contributed by atoms with Crippen LogP contribution in [0.4, 0.5) is 5.69 Å². The molecule has 2 N–H and O–H groups in total. The molecule has 1 aromatic rings. The second-order valence-corrected chi connectivity index (χ2v) is 8.15. The second kappa shape index (κ2) is 9.38. The Kier molecular flexibility index (Phi) is 8.14. The second-order valence-electron chi connectivity index (χ2n) is 6.00. The number of ether oxygens (including phenoxy) is 1. The first kappa shape index (κ1) is 21.7. The third-order valence-electron chi connectivity index (χ3n) is 3.72. The van der Waals surface area contributed by atoms with Gasteiger partial charge in [0.25, 0.3) is 0 Å². The lowest BCUT2D eigenvalue weighted by Gasteiger charge is -2.16.